The lowest BCUT2D eigenvalue weighted by Crippen LogP contribution is -2.54. The summed E-state index contributed by atoms with van der Waals surface area (Å²) in [6.45, 7) is 1.27. The molecular weight excluding hydrogens is 234 g/mol. The molecule has 0 fully saturated rings. The van der Waals surface area contributed by atoms with Crippen molar-refractivity contribution in [2.45, 2.75) is 19.4 Å². The number of nitrogens with two attached hydrogens (primary N) is 1. The third kappa shape index (κ3) is 2.04. The molecule has 0 aliphatic carbocycles. The van der Waals surface area contributed by atoms with Crippen molar-refractivity contribution in [3.8, 4) is 0 Å². The van der Waals surface area contributed by atoms with E-state index in [1.54, 1.807) is 24.3 Å². The lowest BCUT2D eigenvalue weighted by atomic mass is 9.93. The maximum absolute atomic E-state index is 11.9. The molecule has 2 rings (SSSR count). The Labute approximate surface area is 104 Å². The molecule has 0 saturated heterocycles. The van der Waals surface area contributed by atoms with Gasteiger partial charge in [-0.3, -0.25) is 19.8 Å². The molecule has 1 atom stereocenters. The highest BCUT2D eigenvalue weighted by molar-refractivity contribution is 5.92. The lowest BCUT2D eigenvalue weighted by Gasteiger charge is -2.34. The summed E-state index contributed by atoms with van der Waals surface area (Å²) in [5.41, 5.74) is 9.08. The summed E-state index contributed by atoms with van der Waals surface area (Å²) in [5.74, 6) is -1.45. The summed E-state index contributed by atoms with van der Waals surface area (Å²) in [6.07, 6.45) is 0.139. The van der Waals surface area contributed by atoms with Crippen molar-refractivity contribution in [2.75, 3.05) is 0 Å². The Balaban J connectivity index is 2.47. The smallest absolute Gasteiger partial charge is 0.246 e. The SMILES string of the molecule is CC(=O)NN1C(=O)Cc2ccccc2C1C(N)=O. The zero-order chi connectivity index (χ0) is 13.3. The molecule has 1 aromatic rings. The predicted molar refractivity (Wildman–Crippen MR) is 62.7 cm³/mol. The van der Waals surface area contributed by atoms with E-state index in [1.807, 2.05) is 0 Å². The fraction of sp³-hybridized carbons (Fsp3) is 0.250. The topological polar surface area (TPSA) is 92.5 Å². The number of hydrogen-bond acceptors (Lipinski definition) is 3. The number of primary amides is 1. The summed E-state index contributed by atoms with van der Waals surface area (Å²) in [4.78, 5) is 34.5. The number of hydrazine groups is 1. The molecule has 1 aromatic carbocycles. The molecule has 18 heavy (non-hydrogen) atoms. The van der Waals surface area contributed by atoms with E-state index in [2.05, 4.69) is 5.43 Å². The minimum atomic E-state index is -0.952. The third-order valence-electron chi connectivity index (χ3n) is 2.77. The number of nitrogens with zero attached hydrogens (tertiary/aromatic N) is 1. The molecule has 0 bridgehead atoms. The van der Waals surface area contributed by atoms with Crippen molar-refractivity contribution < 1.29 is 14.4 Å². The Hall–Kier alpha value is -2.37. The van der Waals surface area contributed by atoms with Crippen molar-refractivity contribution in [3.63, 3.8) is 0 Å². The van der Waals surface area contributed by atoms with E-state index in [0.717, 1.165) is 10.6 Å². The van der Waals surface area contributed by atoms with Gasteiger partial charge in [-0.2, -0.15) is 0 Å². The van der Waals surface area contributed by atoms with Gasteiger partial charge in [-0.25, -0.2) is 5.01 Å². The van der Waals surface area contributed by atoms with Crippen molar-refractivity contribution in [1.29, 1.82) is 0 Å². The van der Waals surface area contributed by atoms with Crippen LogP contribution in [0.25, 0.3) is 0 Å². The van der Waals surface area contributed by atoms with Crippen molar-refractivity contribution >= 4 is 17.7 Å². The molecule has 6 heteroatoms. The summed E-state index contributed by atoms with van der Waals surface area (Å²) in [6, 6.07) is 6.10. The van der Waals surface area contributed by atoms with Gasteiger partial charge < -0.3 is 5.73 Å². The Kier molecular flexibility index (Phi) is 3.01. The maximum Gasteiger partial charge on any atom is 0.246 e. The van der Waals surface area contributed by atoms with Crippen LogP contribution in [0.15, 0.2) is 24.3 Å². The molecule has 0 aromatic heterocycles. The Bertz CT molecular complexity index is 527. The third-order valence-corrected chi connectivity index (χ3v) is 2.77. The standard InChI is InChI=1S/C12H13N3O3/c1-7(16)14-15-10(17)6-8-4-2-3-5-9(8)11(15)12(13)18/h2-5,11H,6H2,1H3,(H2,13,18)(H,14,16). The molecule has 0 saturated carbocycles. The van der Waals surface area contributed by atoms with Gasteiger partial charge in [0.1, 0.15) is 0 Å². The molecule has 1 aliphatic heterocycles. The van der Waals surface area contributed by atoms with Crippen LogP contribution in [0.3, 0.4) is 0 Å². The number of carbonyl (C=O) groups excluding carboxylic acids is 3. The molecule has 1 unspecified atom stereocenters. The number of rotatable bonds is 2. The van der Waals surface area contributed by atoms with E-state index in [-0.39, 0.29) is 12.3 Å². The maximum atomic E-state index is 11.9. The average Bonchev–Trinajstić information content (AvgIpc) is 2.28. The number of fused-ring (bicyclic) bond motifs is 1. The monoisotopic (exact) mass is 247 g/mol. The summed E-state index contributed by atoms with van der Waals surface area (Å²) < 4.78 is 0. The number of carbonyl (C=O) groups is 3. The van der Waals surface area contributed by atoms with E-state index in [9.17, 15) is 14.4 Å². The van der Waals surface area contributed by atoms with Crippen molar-refractivity contribution in [2.24, 2.45) is 5.73 Å². The van der Waals surface area contributed by atoms with E-state index in [0.29, 0.717) is 5.56 Å². The molecule has 0 radical (unpaired) electrons. The molecule has 1 heterocycles. The first-order valence-corrected chi connectivity index (χ1v) is 5.47. The van der Waals surface area contributed by atoms with Crippen LogP contribution in [-0.2, 0) is 20.8 Å². The van der Waals surface area contributed by atoms with Crippen molar-refractivity contribution in [1.82, 2.24) is 10.4 Å². The average molecular weight is 247 g/mol. The van der Waals surface area contributed by atoms with Crippen LogP contribution in [-0.4, -0.2) is 22.7 Å². The van der Waals surface area contributed by atoms with Crippen molar-refractivity contribution in [3.05, 3.63) is 35.4 Å². The number of benzene rings is 1. The van der Waals surface area contributed by atoms with Gasteiger partial charge in [0.25, 0.3) is 0 Å². The summed E-state index contributed by atoms with van der Waals surface area (Å²) in [7, 11) is 0. The van der Waals surface area contributed by atoms with Gasteiger partial charge in [0.05, 0.1) is 6.42 Å². The molecule has 3 N–H and O–H groups in total. The largest absolute Gasteiger partial charge is 0.368 e. The van der Waals surface area contributed by atoms with Gasteiger partial charge in [0.2, 0.25) is 17.7 Å². The van der Waals surface area contributed by atoms with Gasteiger partial charge >= 0.3 is 0 Å². The number of nitrogens with one attached hydrogen (secondary N) is 1. The second-order valence-electron chi connectivity index (χ2n) is 4.11. The molecular formula is C12H13N3O3. The van der Waals surface area contributed by atoms with Crippen LogP contribution in [0.5, 0.6) is 0 Å². The summed E-state index contributed by atoms with van der Waals surface area (Å²) in [5, 5.41) is 1.01. The second-order valence-corrected chi connectivity index (χ2v) is 4.11. The van der Waals surface area contributed by atoms with Crippen LogP contribution in [0.2, 0.25) is 0 Å². The van der Waals surface area contributed by atoms with Gasteiger partial charge in [0, 0.05) is 6.92 Å². The van der Waals surface area contributed by atoms with Crippen LogP contribution >= 0.6 is 0 Å². The number of hydrogen-bond donors (Lipinski definition) is 2. The van der Waals surface area contributed by atoms with Gasteiger partial charge in [-0.1, -0.05) is 24.3 Å². The number of amides is 3. The lowest BCUT2D eigenvalue weighted by molar-refractivity contribution is -0.148. The van der Waals surface area contributed by atoms with E-state index < -0.39 is 17.9 Å². The van der Waals surface area contributed by atoms with Crippen LogP contribution in [0.1, 0.15) is 24.1 Å². The summed E-state index contributed by atoms with van der Waals surface area (Å²) >= 11 is 0. The highest BCUT2D eigenvalue weighted by atomic mass is 16.2. The Morgan fingerprint density at radius 1 is 1.39 bits per heavy atom. The normalized spacial score (nSPS) is 18.2. The predicted octanol–water partition coefficient (Wildman–Crippen LogP) is -0.351. The second kappa shape index (κ2) is 4.48. The minimum absolute atomic E-state index is 0.139. The van der Waals surface area contributed by atoms with E-state index in [1.165, 1.54) is 6.92 Å². The highest BCUT2D eigenvalue weighted by Crippen LogP contribution is 2.28. The fourth-order valence-corrected chi connectivity index (χ4v) is 2.07. The van der Waals surface area contributed by atoms with Gasteiger partial charge in [0.15, 0.2) is 6.04 Å². The first kappa shape index (κ1) is 12.1. The molecule has 94 valence electrons. The first-order chi connectivity index (χ1) is 8.50. The molecule has 3 amide bonds. The Morgan fingerprint density at radius 3 is 2.67 bits per heavy atom. The fourth-order valence-electron chi connectivity index (χ4n) is 2.07. The van der Waals surface area contributed by atoms with Gasteiger partial charge in [-0.05, 0) is 11.1 Å². The van der Waals surface area contributed by atoms with Gasteiger partial charge in [-0.15, -0.1) is 0 Å². The Morgan fingerprint density at radius 2 is 2.06 bits per heavy atom. The van der Waals surface area contributed by atoms with E-state index in [4.69, 9.17) is 5.73 Å². The minimum Gasteiger partial charge on any atom is -0.368 e. The zero-order valence-corrected chi connectivity index (χ0v) is 9.84. The molecule has 0 spiro atoms. The van der Waals surface area contributed by atoms with Crippen LogP contribution in [0.4, 0.5) is 0 Å². The van der Waals surface area contributed by atoms with Crippen LogP contribution < -0.4 is 11.2 Å². The molecule has 6 nitrogen and oxygen atoms in total. The zero-order valence-electron chi connectivity index (χ0n) is 9.84. The quantitative estimate of drug-likeness (QED) is 0.748. The van der Waals surface area contributed by atoms with Crippen LogP contribution in [0, 0.1) is 0 Å². The molecule has 1 aliphatic rings. The first-order valence-electron chi connectivity index (χ1n) is 5.47. The van der Waals surface area contributed by atoms with E-state index >= 15 is 0 Å². The highest BCUT2D eigenvalue weighted by Gasteiger charge is 2.36.